The van der Waals surface area contributed by atoms with Crippen molar-refractivity contribution in [2.75, 3.05) is 5.33 Å². The molecule has 2 heteroatoms. The van der Waals surface area contributed by atoms with Crippen LogP contribution >= 0.6 is 15.9 Å². The third-order valence-corrected chi connectivity index (χ3v) is 1.31. The van der Waals surface area contributed by atoms with Gasteiger partial charge < -0.3 is 0 Å². The quantitative estimate of drug-likeness (QED) is 0.535. The molecule has 0 aliphatic rings. The number of rotatable bonds is 2. The number of halogens is 2. The second-order valence-corrected chi connectivity index (χ2v) is 1.81. The Kier molecular flexibility index (Phi) is 3.84. The predicted octanol–water partition coefficient (Wildman–Crippen LogP) is 2.13. The maximum atomic E-state index is 11.8. The Balaban J connectivity index is 2.75. The van der Waals surface area contributed by atoms with E-state index < -0.39 is 6.17 Å². The first-order chi connectivity index (χ1) is 2.81. The number of hydrogen-bond donors (Lipinski definition) is 0. The highest BCUT2D eigenvalue weighted by atomic mass is 79.9. The molecule has 1 unspecified atom stereocenters. The lowest BCUT2D eigenvalue weighted by molar-refractivity contribution is 0.360. The van der Waals surface area contributed by atoms with E-state index in [0.717, 1.165) is 0 Å². The van der Waals surface area contributed by atoms with Crippen LogP contribution in [0.4, 0.5) is 4.39 Å². The molecule has 0 spiro atoms. The summed E-state index contributed by atoms with van der Waals surface area (Å²) in [5.41, 5.74) is 0. The Morgan fingerprint density at radius 2 is 2.33 bits per heavy atom. The minimum Gasteiger partial charge on any atom is -0.247 e. The van der Waals surface area contributed by atoms with Crippen molar-refractivity contribution in [3.63, 3.8) is 0 Å². The zero-order chi connectivity index (χ0) is 4.99. The van der Waals surface area contributed by atoms with Crippen molar-refractivity contribution in [1.29, 1.82) is 0 Å². The average Bonchev–Trinajstić information content (AvgIpc) is 1.65. The SMILES string of the molecule is CCC(F)CBr. The lowest BCUT2D eigenvalue weighted by atomic mass is 10.3. The van der Waals surface area contributed by atoms with Crippen LogP contribution in [0.2, 0.25) is 0 Å². The van der Waals surface area contributed by atoms with E-state index in [9.17, 15) is 4.39 Å². The fourth-order valence-corrected chi connectivity index (χ4v) is 0.567. The molecule has 0 aromatic heterocycles. The highest BCUT2D eigenvalue weighted by molar-refractivity contribution is 9.09. The molecule has 0 N–H and O–H groups in total. The minimum atomic E-state index is -0.648. The lowest BCUT2D eigenvalue weighted by Crippen LogP contribution is -1.96. The van der Waals surface area contributed by atoms with Gasteiger partial charge in [0.25, 0.3) is 0 Å². The van der Waals surface area contributed by atoms with E-state index in [0.29, 0.717) is 11.8 Å². The van der Waals surface area contributed by atoms with Gasteiger partial charge in [-0.1, -0.05) is 22.9 Å². The van der Waals surface area contributed by atoms with E-state index in [2.05, 4.69) is 15.9 Å². The van der Waals surface area contributed by atoms with Crippen molar-refractivity contribution < 1.29 is 4.39 Å². The Morgan fingerprint density at radius 1 is 1.83 bits per heavy atom. The van der Waals surface area contributed by atoms with Crippen LogP contribution in [0.3, 0.4) is 0 Å². The molecule has 0 fully saturated rings. The van der Waals surface area contributed by atoms with Crippen molar-refractivity contribution >= 4 is 15.9 Å². The first kappa shape index (κ1) is 6.41. The monoisotopic (exact) mass is 154 g/mol. The standard InChI is InChI=1S/C4H8BrF/c1-2-4(6)3-5/h4H,2-3H2,1H3. The summed E-state index contributed by atoms with van der Waals surface area (Å²) in [5, 5.41) is 0.476. The molecule has 0 aromatic rings. The van der Waals surface area contributed by atoms with Crippen LogP contribution in [-0.2, 0) is 0 Å². The van der Waals surface area contributed by atoms with Gasteiger partial charge in [-0.05, 0) is 6.42 Å². The van der Waals surface area contributed by atoms with Crippen molar-refractivity contribution in [3.8, 4) is 0 Å². The van der Waals surface area contributed by atoms with Gasteiger partial charge in [-0.25, -0.2) is 4.39 Å². The highest BCUT2D eigenvalue weighted by Crippen LogP contribution is 1.98. The van der Waals surface area contributed by atoms with Gasteiger partial charge in [0, 0.05) is 5.33 Å². The van der Waals surface area contributed by atoms with Crippen molar-refractivity contribution in [3.05, 3.63) is 0 Å². The summed E-state index contributed by atoms with van der Waals surface area (Å²) in [4.78, 5) is 0. The van der Waals surface area contributed by atoms with E-state index in [-0.39, 0.29) is 0 Å². The van der Waals surface area contributed by atoms with Crippen LogP contribution in [0.15, 0.2) is 0 Å². The van der Waals surface area contributed by atoms with Gasteiger partial charge in [-0.3, -0.25) is 0 Å². The number of hydrogen-bond acceptors (Lipinski definition) is 0. The van der Waals surface area contributed by atoms with Crippen LogP contribution in [0.25, 0.3) is 0 Å². The zero-order valence-electron chi connectivity index (χ0n) is 3.75. The van der Waals surface area contributed by atoms with Gasteiger partial charge in [0.2, 0.25) is 0 Å². The Labute approximate surface area is 45.9 Å². The molecule has 0 saturated carbocycles. The molecule has 0 aliphatic heterocycles. The molecule has 1 atom stereocenters. The first-order valence-corrected chi connectivity index (χ1v) is 3.13. The second kappa shape index (κ2) is 3.59. The molecule has 0 heterocycles. The lowest BCUT2D eigenvalue weighted by Gasteiger charge is -1.92. The molecule has 0 bridgehead atoms. The van der Waals surface area contributed by atoms with E-state index in [1.54, 1.807) is 0 Å². The predicted molar refractivity (Wildman–Crippen MR) is 29.0 cm³/mol. The third-order valence-electron chi connectivity index (χ3n) is 0.610. The summed E-state index contributed by atoms with van der Waals surface area (Å²) in [7, 11) is 0. The van der Waals surface area contributed by atoms with Crippen LogP contribution in [-0.4, -0.2) is 11.5 Å². The molecular weight excluding hydrogens is 147 g/mol. The van der Waals surface area contributed by atoms with E-state index >= 15 is 0 Å². The summed E-state index contributed by atoms with van der Waals surface area (Å²) in [5.74, 6) is 0. The van der Waals surface area contributed by atoms with Gasteiger partial charge >= 0.3 is 0 Å². The molecule has 0 aliphatic carbocycles. The molecule has 6 heavy (non-hydrogen) atoms. The third kappa shape index (κ3) is 2.64. The maximum absolute atomic E-state index is 11.8. The van der Waals surface area contributed by atoms with Crippen molar-refractivity contribution in [2.45, 2.75) is 19.5 Å². The van der Waals surface area contributed by atoms with E-state index in [1.165, 1.54) is 0 Å². The summed E-state index contributed by atoms with van der Waals surface area (Å²) in [6.07, 6.45) is -0.0318. The Bertz CT molecular complexity index is 26.7. The van der Waals surface area contributed by atoms with Gasteiger partial charge in [0.05, 0.1) is 0 Å². The molecular formula is C4H8BrF. The fraction of sp³-hybridized carbons (Fsp3) is 1.00. The topological polar surface area (TPSA) is 0 Å². The van der Waals surface area contributed by atoms with Crippen molar-refractivity contribution in [1.82, 2.24) is 0 Å². The second-order valence-electron chi connectivity index (χ2n) is 1.16. The zero-order valence-corrected chi connectivity index (χ0v) is 5.33. The molecule has 38 valence electrons. The largest absolute Gasteiger partial charge is 0.247 e. The summed E-state index contributed by atoms with van der Waals surface area (Å²) in [6, 6.07) is 0. The Morgan fingerprint density at radius 3 is 2.33 bits per heavy atom. The molecule has 0 amide bonds. The van der Waals surface area contributed by atoms with E-state index in [4.69, 9.17) is 0 Å². The van der Waals surface area contributed by atoms with Crippen LogP contribution < -0.4 is 0 Å². The first-order valence-electron chi connectivity index (χ1n) is 2.01. The number of alkyl halides is 2. The van der Waals surface area contributed by atoms with Crippen molar-refractivity contribution in [2.24, 2.45) is 0 Å². The molecule has 0 rings (SSSR count). The highest BCUT2D eigenvalue weighted by Gasteiger charge is 1.95. The average molecular weight is 155 g/mol. The van der Waals surface area contributed by atoms with E-state index in [1.807, 2.05) is 6.92 Å². The van der Waals surface area contributed by atoms with Gasteiger partial charge in [-0.15, -0.1) is 0 Å². The molecule has 0 radical (unpaired) electrons. The smallest absolute Gasteiger partial charge is 0.109 e. The Hall–Kier alpha value is 0.410. The molecule has 0 nitrogen and oxygen atoms in total. The molecule has 0 aromatic carbocycles. The van der Waals surface area contributed by atoms with Crippen LogP contribution in [0.5, 0.6) is 0 Å². The summed E-state index contributed by atoms with van der Waals surface area (Å²) < 4.78 is 11.8. The summed E-state index contributed by atoms with van der Waals surface area (Å²) >= 11 is 3.00. The van der Waals surface area contributed by atoms with Crippen LogP contribution in [0.1, 0.15) is 13.3 Å². The van der Waals surface area contributed by atoms with Gasteiger partial charge in [0.15, 0.2) is 0 Å². The van der Waals surface area contributed by atoms with Crippen LogP contribution in [0, 0.1) is 0 Å². The van der Waals surface area contributed by atoms with Gasteiger partial charge in [-0.2, -0.15) is 0 Å². The maximum Gasteiger partial charge on any atom is 0.109 e. The minimum absolute atomic E-state index is 0.476. The fourth-order valence-electron chi connectivity index (χ4n) is 0.109. The normalized spacial score (nSPS) is 14.5. The van der Waals surface area contributed by atoms with Gasteiger partial charge in [0.1, 0.15) is 6.17 Å². The summed E-state index contributed by atoms with van der Waals surface area (Å²) in [6.45, 7) is 1.83. The molecule has 0 saturated heterocycles.